The van der Waals surface area contributed by atoms with Crippen molar-refractivity contribution in [1.29, 1.82) is 0 Å². The van der Waals surface area contributed by atoms with Gasteiger partial charge in [-0.05, 0) is 18.6 Å². The van der Waals surface area contributed by atoms with E-state index >= 15 is 0 Å². The summed E-state index contributed by atoms with van der Waals surface area (Å²) in [6, 6.07) is 6.94. The Labute approximate surface area is 113 Å². The lowest BCUT2D eigenvalue weighted by molar-refractivity contribution is -0.119. The molecule has 0 bridgehead atoms. The summed E-state index contributed by atoms with van der Waals surface area (Å²) in [5.41, 5.74) is 0.925. The first-order valence-corrected chi connectivity index (χ1v) is 6.20. The van der Waals surface area contributed by atoms with Crippen LogP contribution in [0.3, 0.4) is 0 Å². The highest BCUT2D eigenvalue weighted by Gasteiger charge is 2.12. The van der Waals surface area contributed by atoms with E-state index in [0.717, 1.165) is 10.0 Å². The molecule has 4 nitrogen and oxygen atoms in total. The highest BCUT2D eigenvalue weighted by molar-refractivity contribution is 9.10. The van der Waals surface area contributed by atoms with Crippen LogP contribution in [0.5, 0.6) is 0 Å². The summed E-state index contributed by atoms with van der Waals surface area (Å²) in [6.07, 6.45) is 0. The molecule has 2 N–H and O–H groups in total. The number of carbonyl (C=O) groups excluding carboxylic acids is 2. The minimum Gasteiger partial charge on any atom is -0.334 e. The van der Waals surface area contributed by atoms with Crippen LogP contribution in [0.25, 0.3) is 0 Å². The fraction of sp³-hybridized carbons (Fsp3) is 0.273. The van der Waals surface area contributed by atoms with Crippen LogP contribution in [0.1, 0.15) is 12.5 Å². The van der Waals surface area contributed by atoms with Gasteiger partial charge in [0.2, 0.25) is 5.91 Å². The number of carbonyl (C=O) groups is 2. The fourth-order valence-electron chi connectivity index (χ4n) is 1.07. The van der Waals surface area contributed by atoms with E-state index in [0.29, 0.717) is 6.54 Å². The largest absolute Gasteiger partial charge is 0.334 e. The van der Waals surface area contributed by atoms with E-state index in [9.17, 15) is 9.59 Å². The molecule has 92 valence electrons. The third-order valence-corrected chi connectivity index (χ3v) is 2.97. The number of rotatable bonds is 3. The van der Waals surface area contributed by atoms with Crippen molar-refractivity contribution < 1.29 is 9.59 Å². The van der Waals surface area contributed by atoms with Gasteiger partial charge < -0.3 is 5.32 Å². The summed E-state index contributed by atoms with van der Waals surface area (Å²) in [7, 11) is 0. The van der Waals surface area contributed by atoms with Crippen LogP contribution in [0, 0.1) is 0 Å². The van der Waals surface area contributed by atoms with Crippen LogP contribution in [-0.4, -0.2) is 17.3 Å². The molecule has 1 aromatic rings. The first-order valence-electron chi connectivity index (χ1n) is 4.97. The van der Waals surface area contributed by atoms with Gasteiger partial charge in [0, 0.05) is 11.0 Å². The van der Waals surface area contributed by atoms with Gasteiger partial charge in [0.1, 0.15) is 5.38 Å². The van der Waals surface area contributed by atoms with E-state index in [4.69, 9.17) is 11.6 Å². The Morgan fingerprint density at radius 2 is 2.06 bits per heavy atom. The molecule has 0 aliphatic heterocycles. The number of amides is 3. The van der Waals surface area contributed by atoms with Crippen LogP contribution < -0.4 is 10.6 Å². The maximum Gasteiger partial charge on any atom is 0.321 e. The highest BCUT2D eigenvalue weighted by Crippen LogP contribution is 2.15. The molecule has 0 aliphatic rings. The van der Waals surface area contributed by atoms with Gasteiger partial charge in [0.25, 0.3) is 0 Å². The lowest BCUT2D eigenvalue weighted by Gasteiger charge is -2.08. The lowest BCUT2D eigenvalue weighted by atomic mass is 10.2. The minimum absolute atomic E-state index is 0.331. The monoisotopic (exact) mass is 318 g/mol. The van der Waals surface area contributed by atoms with Crippen LogP contribution in [0.15, 0.2) is 28.7 Å². The maximum absolute atomic E-state index is 11.3. The second-order valence-corrected chi connectivity index (χ2v) is 4.89. The van der Waals surface area contributed by atoms with E-state index < -0.39 is 17.3 Å². The van der Waals surface area contributed by atoms with Gasteiger partial charge in [-0.15, -0.1) is 11.6 Å². The fourth-order valence-corrected chi connectivity index (χ4v) is 1.55. The number of imide groups is 1. The van der Waals surface area contributed by atoms with Crippen molar-refractivity contribution in [3.05, 3.63) is 34.3 Å². The Morgan fingerprint density at radius 1 is 1.41 bits per heavy atom. The van der Waals surface area contributed by atoms with Crippen molar-refractivity contribution in [2.24, 2.45) is 0 Å². The quantitative estimate of drug-likeness (QED) is 0.841. The van der Waals surface area contributed by atoms with E-state index in [-0.39, 0.29) is 0 Å². The van der Waals surface area contributed by atoms with E-state index in [1.165, 1.54) is 6.92 Å². The maximum atomic E-state index is 11.3. The van der Waals surface area contributed by atoms with Crippen LogP contribution >= 0.6 is 27.5 Å². The molecule has 0 radical (unpaired) electrons. The number of urea groups is 1. The number of benzene rings is 1. The average molecular weight is 320 g/mol. The van der Waals surface area contributed by atoms with Crippen molar-refractivity contribution in [2.45, 2.75) is 18.8 Å². The molecular weight excluding hydrogens is 307 g/mol. The molecule has 0 fully saturated rings. The van der Waals surface area contributed by atoms with Gasteiger partial charge in [-0.2, -0.15) is 0 Å². The van der Waals surface area contributed by atoms with Crippen molar-refractivity contribution in [3.63, 3.8) is 0 Å². The van der Waals surface area contributed by atoms with E-state index in [2.05, 4.69) is 26.6 Å². The minimum atomic E-state index is -0.732. The summed E-state index contributed by atoms with van der Waals surface area (Å²) < 4.78 is 0.900. The van der Waals surface area contributed by atoms with Crippen molar-refractivity contribution in [3.8, 4) is 0 Å². The first-order chi connectivity index (χ1) is 8.00. The van der Waals surface area contributed by atoms with E-state index in [1.54, 1.807) is 0 Å². The number of halogens is 2. The molecule has 0 spiro atoms. The molecule has 0 saturated heterocycles. The normalized spacial score (nSPS) is 11.7. The Morgan fingerprint density at radius 3 is 2.65 bits per heavy atom. The number of hydrogen-bond acceptors (Lipinski definition) is 2. The molecule has 1 rings (SSSR count). The third kappa shape index (κ3) is 4.75. The molecule has 17 heavy (non-hydrogen) atoms. The molecule has 1 atom stereocenters. The third-order valence-electron chi connectivity index (χ3n) is 2.00. The molecule has 0 heterocycles. The number of nitrogens with one attached hydrogen (secondary N) is 2. The van der Waals surface area contributed by atoms with Crippen LogP contribution in [0.4, 0.5) is 4.79 Å². The van der Waals surface area contributed by atoms with Crippen molar-refractivity contribution in [1.82, 2.24) is 10.6 Å². The summed E-state index contributed by atoms with van der Waals surface area (Å²) in [6.45, 7) is 1.83. The van der Waals surface area contributed by atoms with Gasteiger partial charge in [-0.3, -0.25) is 10.1 Å². The predicted octanol–water partition coefficient (Wildman–Crippen LogP) is 2.40. The molecule has 0 aliphatic carbocycles. The topological polar surface area (TPSA) is 58.2 Å². The summed E-state index contributed by atoms with van der Waals surface area (Å²) in [5.74, 6) is -0.517. The molecule has 1 aromatic carbocycles. The van der Waals surface area contributed by atoms with Crippen molar-refractivity contribution >= 4 is 39.5 Å². The van der Waals surface area contributed by atoms with Crippen LogP contribution in [-0.2, 0) is 11.3 Å². The second-order valence-electron chi connectivity index (χ2n) is 3.38. The molecule has 1 unspecified atom stereocenters. The Bertz CT molecular complexity index is 424. The summed E-state index contributed by atoms with van der Waals surface area (Å²) in [4.78, 5) is 22.4. The Hall–Kier alpha value is -1.07. The average Bonchev–Trinajstić information content (AvgIpc) is 2.27. The van der Waals surface area contributed by atoms with Gasteiger partial charge in [-0.25, -0.2) is 4.79 Å². The standard InChI is InChI=1S/C11H12BrClN2O2/c1-7(13)10(16)15-11(17)14-6-8-4-2-3-5-9(8)12/h2-5,7H,6H2,1H3,(H2,14,15,16,17). The molecular formula is C11H12BrClN2O2. The Kier molecular flexibility index (Phi) is 5.44. The van der Waals surface area contributed by atoms with Crippen molar-refractivity contribution in [2.75, 3.05) is 0 Å². The molecule has 3 amide bonds. The zero-order valence-electron chi connectivity index (χ0n) is 9.17. The van der Waals surface area contributed by atoms with Crippen LogP contribution in [0.2, 0.25) is 0 Å². The van der Waals surface area contributed by atoms with Gasteiger partial charge in [0.15, 0.2) is 0 Å². The number of alkyl halides is 1. The lowest BCUT2D eigenvalue weighted by Crippen LogP contribution is -2.41. The second kappa shape index (κ2) is 6.61. The zero-order chi connectivity index (χ0) is 12.8. The smallest absolute Gasteiger partial charge is 0.321 e. The zero-order valence-corrected chi connectivity index (χ0v) is 11.5. The molecule has 0 saturated carbocycles. The van der Waals surface area contributed by atoms with Gasteiger partial charge >= 0.3 is 6.03 Å². The SMILES string of the molecule is CC(Cl)C(=O)NC(=O)NCc1ccccc1Br. The van der Waals surface area contributed by atoms with E-state index in [1.807, 2.05) is 24.3 Å². The summed E-state index contributed by atoms with van der Waals surface area (Å²) >= 11 is 8.88. The molecule has 0 aromatic heterocycles. The Balaban J connectivity index is 2.44. The highest BCUT2D eigenvalue weighted by atomic mass is 79.9. The number of hydrogen-bond donors (Lipinski definition) is 2. The van der Waals surface area contributed by atoms with Gasteiger partial charge in [-0.1, -0.05) is 34.1 Å². The van der Waals surface area contributed by atoms with Gasteiger partial charge in [0.05, 0.1) is 0 Å². The first kappa shape index (κ1) is 14.0. The molecule has 6 heteroatoms. The summed E-state index contributed by atoms with van der Waals surface area (Å²) in [5, 5.41) is 3.97. The predicted molar refractivity (Wildman–Crippen MR) is 69.8 cm³/mol.